The highest BCUT2D eigenvalue weighted by Gasteiger charge is 1.94. The first-order valence-electron chi connectivity index (χ1n) is 2.83. The molecule has 0 bridgehead atoms. The molecule has 0 fully saturated rings. The van der Waals surface area contributed by atoms with Gasteiger partial charge in [0, 0.05) is 6.20 Å². The van der Waals surface area contributed by atoms with E-state index in [9.17, 15) is 4.39 Å². The number of halogens is 1. The van der Waals surface area contributed by atoms with Crippen LogP contribution >= 0.6 is 0 Å². The second-order valence-electron chi connectivity index (χ2n) is 1.73. The van der Waals surface area contributed by atoms with Gasteiger partial charge < -0.3 is 5.73 Å². The Hall–Kier alpha value is -1.38. The van der Waals surface area contributed by atoms with Crippen LogP contribution in [-0.4, -0.2) is 4.98 Å². The molecular formula is C7H7FN2. The molecule has 1 rings (SSSR count). The van der Waals surface area contributed by atoms with Crippen LogP contribution in [0.2, 0.25) is 0 Å². The van der Waals surface area contributed by atoms with E-state index in [0.29, 0.717) is 0 Å². The number of pyridine rings is 1. The van der Waals surface area contributed by atoms with Crippen molar-refractivity contribution >= 4 is 6.08 Å². The van der Waals surface area contributed by atoms with Crippen molar-refractivity contribution in [3.05, 3.63) is 36.0 Å². The molecule has 1 heterocycles. The van der Waals surface area contributed by atoms with Gasteiger partial charge in [0.25, 0.3) is 0 Å². The van der Waals surface area contributed by atoms with E-state index in [0.717, 1.165) is 0 Å². The molecule has 0 amide bonds. The number of nitrogens with two attached hydrogens (primary N) is 1. The minimum absolute atomic E-state index is 0.269. The van der Waals surface area contributed by atoms with E-state index >= 15 is 0 Å². The second kappa shape index (κ2) is 2.96. The summed E-state index contributed by atoms with van der Waals surface area (Å²) < 4.78 is 12.6. The molecule has 0 aliphatic carbocycles. The first-order valence-corrected chi connectivity index (χ1v) is 2.83. The van der Waals surface area contributed by atoms with Gasteiger partial charge in [0.15, 0.2) is 0 Å². The fourth-order valence-corrected chi connectivity index (χ4v) is 0.612. The lowest BCUT2D eigenvalue weighted by atomic mass is 10.3. The minimum atomic E-state index is -0.357. The van der Waals surface area contributed by atoms with E-state index in [1.54, 1.807) is 0 Å². The van der Waals surface area contributed by atoms with Crippen molar-refractivity contribution in [1.82, 2.24) is 4.98 Å². The van der Waals surface area contributed by atoms with Crippen molar-refractivity contribution in [1.29, 1.82) is 0 Å². The van der Waals surface area contributed by atoms with Gasteiger partial charge in [-0.05, 0) is 24.4 Å². The fourth-order valence-electron chi connectivity index (χ4n) is 0.612. The van der Waals surface area contributed by atoms with Crippen LogP contribution in [0.3, 0.4) is 0 Å². The molecule has 1 aromatic heterocycles. The molecular weight excluding hydrogens is 131 g/mol. The number of aromatic nitrogens is 1. The summed E-state index contributed by atoms with van der Waals surface area (Å²) in [6.45, 7) is 0. The molecule has 2 N–H and O–H groups in total. The predicted molar refractivity (Wildman–Crippen MR) is 37.4 cm³/mol. The molecule has 0 aromatic carbocycles. The SMILES string of the molecule is N/C=C\c1ncccc1F. The molecule has 0 aliphatic rings. The summed E-state index contributed by atoms with van der Waals surface area (Å²) in [7, 11) is 0. The van der Waals surface area contributed by atoms with Crippen LogP contribution < -0.4 is 5.73 Å². The standard InChI is InChI=1S/C7H7FN2/c8-6-2-1-5-10-7(6)3-4-9/h1-5H,9H2/b4-3-. The predicted octanol–water partition coefficient (Wildman–Crippen LogP) is 1.15. The van der Waals surface area contributed by atoms with E-state index in [1.807, 2.05) is 0 Å². The zero-order valence-electron chi connectivity index (χ0n) is 5.29. The number of nitrogens with zero attached hydrogens (tertiary/aromatic N) is 1. The summed E-state index contributed by atoms with van der Waals surface area (Å²) in [6, 6.07) is 2.87. The summed E-state index contributed by atoms with van der Waals surface area (Å²) in [5, 5.41) is 0. The first-order chi connectivity index (χ1) is 4.84. The fraction of sp³-hybridized carbons (Fsp3) is 0. The Morgan fingerprint density at radius 3 is 3.00 bits per heavy atom. The van der Waals surface area contributed by atoms with Crippen LogP contribution in [0.1, 0.15) is 5.69 Å². The number of hydrogen-bond acceptors (Lipinski definition) is 2. The third kappa shape index (κ3) is 1.31. The molecule has 0 aliphatic heterocycles. The molecule has 1 aromatic rings. The lowest BCUT2D eigenvalue weighted by Gasteiger charge is -1.91. The molecule has 0 saturated heterocycles. The second-order valence-corrected chi connectivity index (χ2v) is 1.73. The van der Waals surface area contributed by atoms with Crippen LogP contribution in [-0.2, 0) is 0 Å². The maximum atomic E-state index is 12.6. The quantitative estimate of drug-likeness (QED) is 0.632. The van der Waals surface area contributed by atoms with Gasteiger partial charge in [-0.15, -0.1) is 0 Å². The van der Waals surface area contributed by atoms with Crippen molar-refractivity contribution in [2.24, 2.45) is 5.73 Å². The lowest BCUT2D eigenvalue weighted by Crippen LogP contribution is -1.86. The van der Waals surface area contributed by atoms with Crippen LogP contribution in [0.5, 0.6) is 0 Å². The molecule has 0 spiro atoms. The lowest BCUT2D eigenvalue weighted by molar-refractivity contribution is 0.618. The van der Waals surface area contributed by atoms with Gasteiger partial charge >= 0.3 is 0 Å². The van der Waals surface area contributed by atoms with Crippen molar-refractivity contribution < 1.29 is 4.39 Å². The van der Waals surface area contributed by atoms with E-state index in [2.05, 4.69) is 4.98 Å². The van der Waals surface area contributed by atoms with Crippen molar-refractivity contribution in [2.75, 3.05) is 0 Å². The highest BCUT2D eigenvalue weighted by atomic mass is 19.1. The normalized spacial score (nSPS) is 10.5. The average Bonchev–Trinajstić information content (AvgIpc) is 1.94. The topological polar surface area (TPSA) is 38.9 Å². The Morgan fingerprint density at radius 2 is 2.40 bits per heavy atom. The van der Waals surface area contributed by atoms with Crippen LogP contribution in [0, 0.1) is 5.82 Å². The molecule has 52 valence electrons. The van der Waals surface area contributed by atoms with E-state index in [1.165, 1.54) is 30.6 Å². The van der Waals surface area contributed by atoms with Crippen molar-refractivity contribution in [3.63, 3.8) is 0 Å². The largest absolute Gasteiger partial charge is 0.405 e. The van der Waals surface area contributed by atoms with Gasteiger partial charge in [-0.1, -0.05) is 0 Å². The Kier molecular flexibility index (Phi) is 1.99. The summed E-state index contributed by atoms with van der Waals surface area (Å²) in [5.74, 6) is -0.357. The average molecular weight is 138 g/mol. The van der Waals surface area contributed by atoms with Crippen LogP contribution in [0.4, 0.5) is 4.39 Å². The molecule has 3 heteroatoms. The summed E-state index contributed by atoms with van der Waals surface area (Å²) in [5.41, 5.74) is 5.31. The molecule has 0 saturated carbocycles. The van der Waals surface area contributed by atoms with E-state index in [4.69, 9.17) is 5.73 Å². The van der Waals surface area contributed by atoms with E-state index < -0.39 is 0 Å². The first kappa shape index (κ1) is 6.74. The van der Waals surface area contributed by atoms with Gasteiger partial charge in [0.1, 0.15) is 11.5 Å². The summed E-state index contributed by atoms with van der Waals surface area (Å²) in [6.07, 6.45) is 4.18. The summed E-state index contributed by atoms with van der Waals surface area (Å²) >= 11 is 0. The highest BCUT2D eigenvalue weighted by Crippen LogP contribution is 2.02. The molecule has 10 heavy (non-hydrogen) atoms. The molecule has 0 unspecified atom stereocenters. The third-order valence-electron chi connectivity index (χ3n) is 1.04. The zero-order valence-corrected chi connectivity index (χ0v) is 5.29. The molecule has 0 atom stereocenters. The van der Waals surface area contributed by atoms with Gasteiger partial charge in [0.2, 0.25) is 0 Å². The Morgan fingerprint density at radius 1 is 1.60 bits per heavy atom. The number of hydrogen-bond donors (Lipinski definition) is 1. The van der Waals surface area contributed by atoms with Gasteiger partial charge in [-0.25, -0.2) is 4.39 Å². The Balaban J connectivity index is 3.03. The summed E-state index contributed by atoms with van der Waals surface area (Å²) in [4.78, 5) is 3.73. The maximum absolute atomic E-state index is 12.6. The Labute approximate surface area is 58.2 Å². The minimum Gasteiger partial charge on any atom is -0.405 e. The number of rotatable bonds is 1. The molecule has 0 radical (unpaired) electrons. The van der Waals surface area contributed by atoms with Crippen LogP contribution in [0.15, 0.2) is 24.5 Å². The van der Waals surface area contributed by atoms with Gasteiger partial charge in [-0.2, -0.15) is 0 Å². The van der Waals surface area contributed by atoms with Crippen LogP contribution in [0.25, 0.3) is 6.08 Å². The van der Waals surface area contributed by atoms with Crippen molar-refractivity contribution in [3.8, 4) is 0 Å². The highest BCUT2D eigenvalue weighted by molar-refractivity contribution is 5.43. The van der Waals surface area contributed by atoms with E-state index in [-0.39, 0.29) is 11.5 Å². The van der Waals surface area contributed by atoms with Gasteiger partial charge in [0.05, 0.1) is 0 Å². The Bertz CT molecular complexity index is 245. The monoisotopic (exact) mass is 138 g/mol. The van der Waals surface area contributed by atoms with Crippen molar-refractivity contribution in [2.45, 2.75) is 0 Å². The zero-order chi connectivity index (χ0) is 7.40. The van der Waals surface area contributed by atoms with Gasteiger partial charge in [-0.3, -0.25) is 4.98 Å². The molecule has 2 nitrogen and oxygen atoms in total. The maximum Gasteiger partial charge on any atom is 0.148 e. The third-order valence-corrected chi connectivity index (χ3v) is 1.04. The smallest absolute Gasteiger partial charge is 0.148 e.